The van der Waals surface area contributed by atoms with Gasteiger partial charge in [0.05, 0.1) is 5.52 Å². The quantitative estimate of drug-likeness (QED) is 0.606. The van der Waals surface area contributed by atoms with Gasteiger partial charge in [0, 0.05) is 11.8 Å². The highest BCUT2D eigenvalue weighted by atomic mass is 35.5. The fraction of sp³-hybridized carbons (Fsp3) is 0.182. The van der Waals surface area contributed by atoms with Crippen LogP contribution in [0.2, 0.25) is 5.28 Å². The lowest BCUT2D eigenvalue weighted by molar-refractivity contribution is 0.900. The standard InChI is InChI=1S/C11H9ClN4/c1-2-9-14-15-10-7-5-3-4-6-8(7)13-11(12)16(9)10/h3-6H,2H2,1H3. The second kappa shape index (κ2) is 3.42. The second-order valence-corrected chi connectivity index (χ2v) is 3.86. The molecule has 0 aliphatic carbocycles. The number of hydrogen-bond donors (Lipinski definition) is 0. The highest BCUT2D eigenvalue weighted by molar-refractivity contribution is 6.29. The third-order valence-corrected chi connectivity index (χ3v) is 2.84. The number of para-hydroxylation sites is 1. The summed E-state index contributed by atoms with van der Waals surface area (Å²) < 4.78 is 1.80. The summed E-state index contributed by atoms with van der Waals surface area (Å²) in [6.45, 7) is 2.02. The summed E-state index contributed by atoms with van der Waals surface area (Å²) in [6, 6.07) is 7.78. The zero-order valence-electron chi connectivity index (χ0n) is 8.68. The summed E-state index contributed by atoms with van der Waals surface area (Å²) in [4.78, 5) is 4.33. The first-order valence-corrected chi connectivity index (χ1v) is 5.47. The molecule has 0 amide bonds. The molecule has 0 fully saturated rings. The van der Waals surface area contributed by atoms with Crippen LogP contribution in [-0.4, -0.2) is 19.6 Å². The molecule has 0 N–H and O–H groups in total. The Morgan fingerprint density at radius 3 is 2.88 bits per heavy atom. The third-order valence-electron chi connectivity index (χ3n) is 2.59. The van der Waals surface area contributed by atoms with Crippen molar-refractivity contribution in [1.82, 2.24) is 19.6 Å². The van der Waals surface area contributed by atoms with Crippen LogP contribution in [0.25, 0.3) is 16.6 Å². The van der Waals surface area contributed by atoms with Gasteiger partial charge in [0.2, 0.25) is 5.28 Å². The number of hydrogen-bond acceptors (Lipinski definition) is 3. The van der Waals surface area contributed by atoms with Gasteiger partial charge in [-0.25, -0.2) is 4.98 Å². The first-order valence-electron chi connectivity index (χ1n) is 5.09. The minimum Gasteiger partial charge on any atom is -0.252 e. The first kappa shape index (κ1) is 9.54. The summed E-state index contributed by atoms with van der Waals surface area (Å²) in [5.74, 6) is 0.832. The fourth-order valence-corrected chi connectivity index (χ4v) is 2.09. The molecule has 2 heterocycles. The average Bonchev–Trinajstić information content (AvgIpc) is 2.74. The minimum absolute atomic E-state index is 0.413. The van der Waals surface area contributed by atoms with Crippen molar-refractivity contribution in [2.75, 3.05) is 0 Å². The predicted octanol–water partition coefficient (Wildman–Crippen LogP) is 2.49. The van der Waals surface area contributed by atoms with Crippen molar-refractivity contribution in [2.24, 2.45) is 0 Å². The number of rotatable bonds is 1. The van der Waals surface area contributed by atoms with Gasteiger partial charge in [-0.2, -0.15) is 0 Å². The summed E-state index contributed by atoms with van der Waals surface area (Å²) in [5, 5.41) is 9.66. The van der Waals surface area contributed by atoms with Crippen LogP contribution in [0.4, 0.5) is 0 Å². The Morgan fingerprint density at radius 1 is 1.25 bits per heavy atom. The molecule has 0 radical (unpaired) electrons. The van der Waals surface area contributed by atoms with E-state index in [2.05, 4.69) is 15.2 Å². The normalized spacial score (nSPS) is 11.4. The van der Waals surface area contributed by atoms with E-state index < -0.39 is 0 Å². The van der Waals surface area contributed by atoms with Gasteiger partial charge in [-0.1, -0.05) is 19.1 Å². The molecule has 4 nitrogen and oxygen atoms in total. The summed E-state index contributed by atoms with van der Waals surface area (Å²) >= 11 is 6.13. The van der Waals surface area contributed by atoms with Crippen molar-refractivity contribution < 1.29 is 0 Å². The van der Waals surface area contributed by atoms with Gasteiger partial charge in [-0.05, 0) is 23.7 Å². The van der Waals surface area contributed by atoms with Crippen molar-refractivity contribution in [3.63, 3.8) is 0 Å². The van der Waals surface area contributed by atoms with E-state index in [9.17, 15) is 0 Å². The van der Waals surface area contributed by atoms with Gasteiger partial charge in [0.15, 0.2) is 5.65 Å². The van der Waals surface area contributed by atoms with E-state index in [4.69, 9.17) is 11.6 Å². The number of aryl methyl sites for hydroxylation is 1. The van der Waals surface area contributed by atoms with Crippen LogP contribution in [-0.2, 0) is 6.42 Å². The summed E-state index contributed by atoms with van der Waals surface area (Å²) in [7, 11) is 0. The molecular weight excluding hydrogens is 224 g/mol. The largest absolute Gasteiger partial charge is 0.252 e. The molecule has 0 spiro atoms. The van der Waals surface area contributed by atoms with Gasteiger partial charge >= 0.3 is 0 Å². The van der Waals surface area contributed by atoms with Crippen molar-refractivity contribution >= 4 is 28.2 Å². The van der Waals surface area contributed by atoms with Crippen molar-refractivity contribution in [3.05, 3.63) is 35.4 Å². The summed E-state index contributed by atoms with van der Waals surface area (Å²) in [5.41, 5.74) is 1.61. The predicted molar refractivity (Wildman–Crippen MR) is 62.7 cm³/mol. The average molecular weight is 233 g/mol. The molecule has 16 heavy (non-hydrogen) atoms. The molecule has 3 rings (SSSR count). The molecule has 0 unspecified atom stereocenters. The SMILES string of the molecule is CCc1nnc2c3ccccc3nc(Cl)n12. The van der Waals surface area contributed by atoms with E-state index in [1.165, 1.54) is 0 Å². The van der Waals surface area contributed by atoms with Crippen molar-refractivity contribution in [2.45, 2.75) is 13.3 Å². The number of aromatic nitrogens is 4. The van der Waals surface area contributed by atoms with Gasteiger partial charge in [-0.3, -0.25) is 4.40 Å². The lowest BCUT2D eigenvalue weighted by atomic mass is 10.2. The Bertz CT molecular complexity index is 674. The fourth-order valence-electron chi connectivity index (χ4n) is 1.82. The molecule has 2 aromatic heterocycles. The molecule has 80 valence electrons. The van der Waals surface area contributed by atoms with Crippen LogP contribution in [0.5, 0.6) is 0 Å². The molecule has 1 aromatic carbocycles. The van der Waals surface area contributed by atoms with Crippen LogP contribution in [0.1, 0.15) is 12.7 Å². The summed E-state index contributed by atoms with van der Waals surface area (Å²) in [6.07, 6.45) is 0.779. The van der Waals surface area contributed by atoms with E-state index in [0.29, 0.717) is 5.28 Å². The van der Waals surface area contributed by atoms with Gasteiger partial charge in [0.1, 0.15) is 5.82 Å². The highest BCUT2D eigenvalue weighted by Gasteiger charge is 2.11. The lowest BCUT2D eigenvalue weighted by Gasteiger charge is -2.02. The molecular formula is C11H9ClN4. The maximum Gasteiger partial charge on any atom is 0.210 e. The van der Waals surface area contributed by atoms with Gasteiger partial charge in [0.25, 0.3) is 0 Å². The second-order valence-electron chi connectivity index (χ2n) is 3.53. The van der Waals surface area contributed by atoms with Crippen molar-refractivity contribution in [3.8, 4) is 0 Å². The minimum atomic E-state index is 0.413. The van der Waals surface area contributed by atoms with Crippen LogP contribution in [0.3, 0.4) is 0 Å². The highest BCUT2D eigenvalue weighted by Crippen LogP contribution is 2.21. The van der Waals surface area contributed by atoms with Gasteiger partial charge in [-0.15, -0.1) is 10.2 Å². The Hall–Kier alpha value is -1.68. The molecule has 0 bridgehead atoms. The number of benzene rings is 1. The monoisotopic (exact) mass is 232 g/mol. The number of fused-ring (bicyclic) bond motifs is 3. The van der Waals surface area contributed by atoms with E-state index in [0.717, 1.165) is 28.8 Å². The Labute approximate surface area is 96.9 Å². The van der Waals surface area contributed by atoms with Crippen LogP contribution in [0.15, 0.2) is 24.3 Å². The smallest absolute Gasteiger partial charge is 0.210 e. The topological polar surface area (TPSA) is 43.1 Å². The molecule has 0 atom stereocenters. The zero-order valence-corrected chi connectivity index (χ0v) is 9.44. The Kier molecular flexibility index (Phi) is 2.04. The molecule has 0 aliphatic heterocycles. The number of halogens is 1. The third kappa shape index (κ3) is 1.20. The van der Waals surface area contributed by atoms with E-state index >= 15 is 0 Å². The Morgan fingerprint density at radius 2 is 2.06 bits per heavy atom. The first-order chi connectivity index (χ1) is 7.81. The van der Waals surface area contributed by atoms with E-state index in [-0.39, 0.29) is 0 Å². The Balaban J connectivity index is 2.56. The maximum atomic E-state index is 6.13. The molecule has 0 aliphatic rings. The van der Waals surface area contributed by atoms with Gasteiger partial charge < -0.3 is 0 Å². The molecule has 0 saturated heterocycles. The van der Waals surface area contributed by atoms with Crippen molar-refractivity contribution in [1.29, 1.82) is 0 Å². The lowest BCUT2D eigenvalue weighted by Crippen LogP contribution is -1.97. The van der Waals surface area contributed by atoms with E-state index in [1.807, 2.05) is 31.2 Å². The molecule has 5 heteroatoms. The van der Waals surface area contributed by atoms with Crippen LogP contribution >= 0.6 is 11.6 Å². The molecule has 0 saturated carbocycles. The number of nitrogens with zero attached hydrogens (tertiary/aromatic N) is 4. The van der Waals surface area contributed by atoms with E-state index in [1.54, 1.807) is 4.40 Å². The maximum absolute atomic E-state index is 6.13. The molecule has 3 aromatic rings. The van der Waals surface area contributed by atoms with Crippen LogP contribution in [0, 0.1) is 0 Å². The van der Waals surface area contributed by atoms with Crippen LogP contribution < -0.4 is 0 Å². The zero-order chi connectivity index (χ0) is 11.1.